The van der Waals surface area contributed by atoms with Gasteiger partial charge in [-0.05, 0) is 37.1 Å². The SMILES string of the molecule is CCOC(=O)c1ccc(S(=O)(=O)N2CCN(C(=O)CC(C)C)CC2)cc1. The van der Waals surface area contributed by atoms with Gasteiger partial charge in [-0.1, -0.05) is 13.8 Å². The second-order valence-corrected chi connectivity index (χ2v) is 8.57. The molecule has 7 nitrogen and oxygen atoms in total. The number of benzene rings is 1. The van der Waals surface area contributed by atoms with Gasteiger partial charge in [0.25, 0.3) is 0 Å². The van der Waals surface area contributed by atoms with Crippen LogP contribution in [0.2, 0.25) is 0 Å². The quantitative estimate of drug-likeness (QED) is 0.700. The third-order valence-electron chi connectivity index (χ3n) is 4.18. The average Bonchev–Trinajstić information content (AvgIpc) is 2.61. The first kappa shape index (κ1) is 20.4. The van der Waals surface area contributed by atoms with Crippen LogP contribution in [0.25, 0.3) is 0 Å². The number of amides is 1. The van der Waals surface area contributed by atoms with Crippen LogP contribution in [-0.4, -0.2) is 62.3 Å². The van der Waals surface area contributed by atoms with Gasteiger partial charge < -0.3 is 9.64 Å². The van der Waals surface area contributed by atoms with Crippen LogP contribution in [0.5, 0.6) is 0 Å². The smallest absolute Gasteiger partial charge is 0.338 e. The standard InChI is InChI=1S/C18H26N2O5S/c1-4-25-18(22)15-5-7-16(8-6-15)26(23,24)20-11-9-19(10-12-20)17(21)13-14(2)3/h5-8,14H,4,9-13H2,1-3H3. The molecule has 0 radical (unpaired) electrons. The van der Waals surface area contributed by atoms with Crippen molar-refractivity contribution in [3.63, 3.8) is 0 Å². The lowest BCUT2D eigenvalue weighted by molar-refractivity contribution is -0.133. The summed E-state index contributed by atoms with van der Waals surface area (Å²) in [5.74, 6) is -0.133. The molecule has 1 fully saturated rings. The molecule has 2 rings (SSSR count). The lowest BCUT2D eigenvalue weighted by Crippen LogP contribution is -2.50. The van der Waals surface area contributed by atoms with E-state index in [-0.39, 0.29) is 36.4 Å². The summed E-state index contributed by atoms with van der Waals surface area (Å²) in [7, 11) is -3.65. The summed E-state index contributed by atoms with van der Waals surface area (Å²) in [5.41, 5.74) is 0.315. The number of hydrogen-bond acceptors (Lipinski definition) is 5. The Balaban J connectivity index is 2.03. The minimum Gasteiger partial charge on any atom is -0.462 e. The Hall–Kier alpha value is -1.93. The molecule has 1 heterocycles. The molecule has 144 valence electrons. The number of rotatable bonds is 6. The Bertz CT molecular complexity index is 735. The predicted molar refractivity (Wildman–Crippen MR) is 97.2 cm³/mol. The summed E-state index contributed by atoms with van der Waals surface area (Å²) in [4.78, 5) is 25.6. The third-order valence-corrected chi connectivity index (χ3v) is 6.09. The van der Waals surface area contributed by atoms with Crippen molar-refractivity contribution in [3.05, 3.63) is 29.8 Å². The maximum absolute atomic E-state index is 12.8. The van der Waals surface area contributed by atoms with E-state index in [1.165, 1.54) is 28.6 Å². The maximum atomic E-state index is 12.8. The molecule has 0 aromatic heterocycles. The van der Waals surface area contributed by atoms with Gasteiger partial charge >= 0.3 is 5.97 Å². The fourth-order valence-electron chi connectivity index (χ4n) is 2.78. The zero-order valence-electron chi connectivity index (χ0n) is 15.5. The fourth-order valence-corrected chi connectivity index (χ4v) is 4.20. The van der Waals surface area contributed by atoms with E-state index < -0.39 is 16.0 Å². The van der Waals surface area contributed by atoms with Gasteiger partial charge in [0.15, 0.2) is 0 Å². The van der Waals surface area contributed by atoms with Crippen LogP contribution in [0, 0.1) is 5.92 Å². The number of carbonyl (C=O) groups excluding carboxylic acids is 2. The number of sulfonamides is 1. The molecule has 1 saturated heterocycles. The number of piperazine rings is 1. The van der Waals surface area contributed by atoms with E-state index in [4.69, 9.17) is 4.74 Å². The van der Waals surface area contributed by atoms with Crippen LogP contribution in [0.15, 0.2) is 29.2 Å². The molecule has 1 aromatic rings. The highest BCUT2D eigenvalue weighted by Gasteiger charge is 2.30. The molecule has 26 heavy (non-hydrogen) atoms. The van der Waals surface area contributed by atoms with Crippen LogP contribution < -0.4 is 0 Å². The van der Waals surface area contributed by atoms with E-state index in [1.807, 2.05) is 13.8 Å². The highest BCUT2D eigenvalue weighted by atomic mass is 32.2. The topological polar surface area (TPSA) is 84.0 Å². The molecule has 0 saturated carbocycles. The van der Waals surface area contributed by atoms with E-state index in [0.29, 0.717) is 25.1 Å². The van der Waals surface area contributed by atoms with E-state index >= 15 is 0 Å². The third kappa shape index (κ3) is 4.82. The normalized spacial score (nSPS) is 15.9. The van der Waals surface area contributed by atoms with Gasteiger partial charge in [-0.15, -0.1) is 0 Å². The van der Waals surface area contributed by atoms with Crippen molar-refractivity contribution in [2.24, 2.45) is 5.92 Å². The predicted octanol–water partition coefficient (Wildman–Crippen LogP) is 1.74. The molecule has 1 aliphatic rings. The first-order valence-corrected chi connectivity index (χ1v) is 10.2. The lowest BCUT2D eigenvalue weighted by atomic mass is 10.1. The van der Waals surface area contributed by atoms with Gasteiger partial charge in [0.1, 0.15) is 0 Å². The molecule has 0 unspecified atom stereocenters. The van der Waals surface area contributed by atoms with Crippen molar-refractivity contribution >= 4 is 21.9 Å². The van der Waals surface area contributed by atoms with Crippen LogP contribution in [-0.2, 0) is 19.6 Å². The van der Waals surface area contributed by atoms with Crippen LogP contribution in [0.1, 0.15) is 37.6 Å². The summed E-state index contributed by atoms with van der Waals surface area (Å²) < 4.78 is 31.8. The van der Waals surface area contributed by atoms with E-state index in [1.54, 1.807) is 11.8 Å². The molecular weight excluding hydrogens is 356 g/mol. The molecule has 0 bridgehead atoms. The Labute approximate surface area is 155 Å². The first-order chi connectivity index (χ1) is 12.3. The Morgan fingerprint density at radius 2 is 1.65 bits per heavy atom. The molecule has 1 amide bonds. The van der Waals surface area contributed by atoms with Gasteiger partial charge in [-0.3, -0.25) is 4.79 Å². The summed E-state index contributed by atoms with van der Waals surface area (Å²) in [6, 6.07) is 5.73. The highest BCUT2D eigenvalue weighted by Crippen LogP contribution is 2.19. The summed E-state index contributed by atoms with van der Waals surface area (Å²) in [6.07, 6.45) is 0.474. The molecule has 0 aliphatic carbocycles. The highest BCUT2D eigenvalue weighted by molar-refractivity contribution is 7.89. The number of nitrogens with zero attached hydrogens (tertiary/aromatic N) is 2. The monoisotopic (exact) mass is 382 g/mol. The Kier molecular flexibility index (Phi) is 6.77. The van der Waals surface area contributed by atoms with Crippen molar-refractivity contribution in [2.75, 3.05) is 32.8 Å². The lowest BCUT2D eigenvalue weighted by Gasteiger charge is -2.34. The molecule has 8 heteroatoms. The largest absolute Gasteiger partial charge is 0.462 e. The number of esters is 1. The van der Waals surface area contributed by atoms with E-state index in [0.717, 1.165) is 0 Å². The van der Waals surface area contributed by atoms with Gasteiger partial charge in [0.05, 0.1) is 17.1 Å². The molecular formula is C18H26N2O5S. The number of hydrogen-bond donors (Lipinski definition) is 0. The van der Waals surface area contributed by atoms with Crippen LogP contribution in [0.4, 0.5) is 0 Å². The van der Waals surface area contributed by atoms with Crippen LogP contribution >= 0.6 is 0 Å². The average molecular weight is 382 g/mol. The molecule has 0 atom stereocenters. The van der Waals surface area contributed by atoms with Gasteiger partial charge in [0, 0.05) is 32.6 Å². The fraction of sp³-hybridized carbons (Fsp3) is 0.556. The van der Waals surface area contributed by atoms with E-state index in [9.17, 15) is 18.0 Å². The number of ether oxygens (including phenoxy) is 1. The zero-order chi connectivity index (χ0) is 19.3. The van der Waals surface area contributed by atoms with Crippen molar-refractivity contribution < 1.29 is 22.7 Å². The summed E-state index contributed by atoms with van der Waals surface area (Å²) in [5, 5.41) is 0. The zero-order valence-corrected chi connectivity index (χ0v) is 16.3. The minimum atomic E-state index is -3.65. The summed E-state index contributed by atoms with van der Waals surface area (Å²) >= 11 is 0. The van der Waals surface area contributed by atoms with Crippen molar-refractivity contribution in [1.82, 2.24) is 9.21 Å². The van der Waals surface area contributed by atoms with E-state index in [2.05, 4.69) is 0 Å². The molecule has 1 aromatic carbocycles. The number of carbonyl (C=O) groups is 2. The Morgan fingerprint density at radius 3 is 2.15 bits per heavy atom. The Morgan fingerprint density at radius 1 is 1.08 bits per heavy atom. The van der Waals surface area contributed by atoms with Gasteiger partial charge in [-0.25, -0.2) is 13.2 Å². The van der Waals surface area contributed by atoms with Gasteiger partial charge in [0.2, 0.25) is 15.9 Å². The summed E-state index contributed by atoms with van der Waals surface area (Å²) in [6.45, 7) is 7.27. The maximum Gasteiger partial charge on any atom is 0.338 e. The van der Waals surface area contributed by atoms with Crippen molar-refractivity contribution in [1.29, 1.82) is 0 Å². The minimum absolute atomic E-state index is 0.0656. The molecule has 1 aliphatic heterocycles. The molecule has 0 spiro atoms. The second-order valence-electron chi connectivity index (χ2n) is 6.63. The van der Waals surface area contributed by atoms with Crippen LogP contribution in [0.3, 0.4) is 0 Å². The first-order valence-electron chi connectivity index (χ1n) is 8.80. The van der Waals surface area contributed by atoms with Gasteiger partial charge in [-0.2, -0.15) is 4.31 Å². The van der Waals surface area contributed by atoms with Crippen molar-refractivity contribution in [2.45, 2.75) is 32.1 Å². The molecule has 0 N–H and O–H groups in total. The van der Waals surface area contributed by atoms with Crippen molar-refractivity contribution in [3.8, 4) is 0 Å². The second kappa shape index (κ2) is 8.64.